The van der Waals surface area contributed by atoms with E-state index in [1.807, 2.05) is 49.4 Å². The molecule has 3 N–H and O–H groups in total. The van der Waals surface area contributed by atoms with Crippen LogP contribution in [0, 0.1) is 6.92 Å². The number of halogens is 2. The van der Waals surface area contributed by atoms with Crippen LogP contribution in [0.2, 0.25) is 10.0 Å². The number of nitrogens with zero attached hydrogens (tertiary/aromatic N) is 2. The van der Waals surface area contributed by atoms with Crippen LogP contribution in [0.1, 0.15) is 16.1 Å². The van der Waals surface area contributed by atoms with Crippen LogP contribution in [0.15, 0.2) is 72.8 Å². The van der Waals surface area contributed by atoms with E-state index in [0.717, 1.165) is 22.8 Å². The first-order chi connectivity index (χ1) is 16.4. The Hall–Kier alpha value is -3.81. The summed E-state index contributed by atoms with van der Waals surface area (Å²) in [6, 6.07) is 21.3. The van der Waals surface area contributed by atoms with E-state index in [2.05, 4.69) is 25.9 Å². The highest BCUT2D eigenvalue weighted by Gasteiger charge is 2.11. The van der Waals surface area contributed by atoms with E-state index in [9.17, 15) is 4.79 Å². The van der Waals surface area contributed by atoms with Crippen molar-refractivity contribution in [3.8, 4) is 5.75 Å². The highest BCUT2D eigenvalue weighted by molar-refractivity contribution is 6.37. The number of ether oxygens (including phenoxy) is 1. The van der Waals surface area contributed by atoms with Crippen LogP contribution in [-0.4, -0.2) is 23.0 Å². The van der Waals surface area contributed by atoms with E-state index in [-0.39, 0.29) is 5.91 Å². The molecule has 0 spiro atoms. The van der Waals surface area contributed by atoms with Crippen LogP contribution >= 0.6 is 23.2 Å². The van der Waals surface area contributed by atoms with Crippen molar-refractivity contribution in [1.29, 1.82) is 0 Å². The number of hydrogen-bond donors (Lipinski definition) is 3. The second-order valence-corrected chi connectivity index (χ2v) is 8.20. The Labute approximate surface area is 207 Å². The maximum atomic E-state index is 12.5. The first-order valence-electron chi connectivity index (χ1n) is 10.3. The minimum Gasteiger partial charge on any atom is -0.497 e. The number of methoxy groups -OCH3 is 1. The quantitative estimate of drug-likeness (QED) is 0.261. The van der Waals surface area contributed by atoms with E-state index in [1.54, 1.807) is 31.4 Å². The molecule has 7 nitrogen and oxygen atoms in total. The zero-order chi connectivity index (χ0) is 24.1. The van der Waals surface area contributed by atoms with Gasteiger partial charge in [0.25, 0.3) is 5.91 Å². The fourth-order valence-corrected chi connectivity index (χ4v) is 3.64. The van der Waals surface area contributed by atoms with Crippen molar-refractivity contribution >= 4 is 57.9 Å². The summed E-state index contributed by atoms with van der Waals surface area (Å²) >= 11 is 12.0. The molecule has 1 aromatic heterocycles. The van der Waals surface area contributed by atoms with Crippen molar-refractivity contribution in [2.24, 2.45) is 0 Å². The lowest BCUT2D eigenvalue weighted by atomic mass is 10.2. The number of aryl methyl sites for hydroxylation is 1. The van der Waals surface area contributed by atoms with Gasteiger partial charge in [0, 0.05) is 33.8 Å². The number of rotatable bonds is 7. The molecule has 0 unspecified atom stereocenters. The van der Waals surface area contributed by atoms with E-state index >= 15 is 0 Å². The van der Waals surface area contributed by atoms with Crippen LogP contribution in [0.5, 0.6) is 5.75 Å². The molecular formula is C25H21Cl2N5O2. The van der Waals surface area contributed by atoms with E-state index in [1.165, 1.54) is 6.07 Å². The van der Waals surface area contributed by atoms with Crippen LogP contribution < -0.4 is 20.7 Å². The van der Waals surface area contributed by atoms with Crippen molar-refractivity contribution in [3.63, 3.8) is 0 Å². The molecule has 0 aliphatic rings. The van der Waals surface area contributed by atoms with Gasteiger partial charge in [0.2, 0.25) is 5.95 Å². The average Bonchev–Trinajstić information content (AvgIpc) is 2.80. The van der Waals surface area contributed by atoms with Crippen molar-refractivity contribution in [2.75, 3.05) is 23.1 Å². The van der Waals surface area contributed by atoms with Gasteiger partial charge >= 0.3 is 0 Å². The third-order valence-corrected chi connectivity index (χ3v) is 5.34. The number of aromatic nitrogens is 2. The van der Waals surface area contributed by atoms with Gasteiger partial charge < -0.3 is 20.7 Å². The number of carbonyl (C=O) groups excluding carboxylic acids is 1. The molecule has 9 heteroatoms. The molecule has 4 rings (SSSR count). The summed E-state index contributed by atoms with van der Waals surface area (Å²) in [5.41, 5.74) is 3.42. The van der Waals surface area contributed by atoms with Crippen LogP contribution in [0.3, 0.4) is 0 Å². The minimum absolute atomic E-state index is 0.291. The Kier molecular flexibility index (Phi) is 7.15. The molecule has 4 aromatic rings. The lowest BCUT2D eigenvalue weighted by Gasteiger charge is -2.11. The smallest absolute Gasteiger partial charge is 0.257 e. The second-order valence-electron chi connectivity index (χ2n) is 7.35. The highest BCUT2D eigenvalue weighted by Crippen LogP contribution is 2.24. The van der Waals surface area contributed by atoms with Crippen molar-refractivity contribution in [2.45, 2.75) is 6.92 Å². The van der Waals surface area contributed by atoms with Gasteiger partial charge in [-0.15, -0.1) is 0 Å². The summed E-state index contributed by atoms with van der Waals surface area (Å²) in [5, 5.41) is 10.0. The molecular weight excluding hydrogens is 473 g/mol. The zero-order valence-electron chi connectivity index (χ0n) is 18.4. The summed E-state index contributed by atoms with van der Waals surface area (Å²) in [7, 11) is 1.63. The van der Waals surface area contributed by atoms with E-state index in [0.29, 0.717) is 33.1 Å². The Balaban J connectivity index is 1.43. The van der Waals surface area contributed by atoms with Crippen LogP contribution in [-0.2, 0) is 0 Å². The van der Waals surface area contributed by atoms with Crippen molar-refractivity contribution < 1.29 is 9.53 Å². The first-order valence-corrected chi connectivity index (χ1v) is 11.1. The molecule has 0 aliphatic heterocycles. The van der Waals surface area contributed by atoms with Gasteiger partial charge in [-0.3, -0.25) is 4.79 Å². The first kappa shape index (κ1) is 23.4. The molecule has 172 valence electrons. The lowest BCUT2D eigenvalue weighted by Crippen LogP contribution is -2.12. The summed E-state index contributed by atoms with van der Waals surface area (Å²) in [4.78, 5) is 21.5. The third-order valence-electron chi connectivity index (χ3n) is 4.79. The lowest BCUT2D eigenvalue weighted by molar-refractivity contribution is 0.102. The molecule has 0 aliphatic carbocycles. The molecule has 0 radical (unpaired) electrons. The molecule has 1 amide bonds. The highest BCUT2D eigenvalue weighted by atomic mass is 35.5. The molecule has 34 heavy (non-hydrogen) atoms. The second kappa shape index (κ2) is 10.4. The fourth-order valence-electron chi connectivity index (χ4n) is 3.15. The number of carbonyl (C=O) groups is 1. The van der Waals surface area contributed by atoms with Crippen molar-refractivity contribution in [3.05, 3.63) is 94.1 Å². The monoisotopic (exact) mass is 493 g/mol. The van der Waals surface area contributed by atoms with Gasteiger partial charge in [0.15, 0.2) is 0 Å². The summed E-state index contributed by atoms with van der Waals surface area (Å²) in [6.07, 6.45) is 0. The maximum Gasteiger partial charge on any atom is 0.257 e. The van der Waals surface area contributed by atoms with Gasteiger partial charge in [-0.1, -0.05) is 23.2 Å². The number of nitrogens with one attached hydrogen (secondary N) is 3. The van der Waals surface area contributed by atoms with Crippen molar-refractivity contribution in [1.82, 2.24) is 9.97 Å². The van der Waals surface area contributed by atoms with Crippen LogP contribution in [0.4, 0.5) is 28.8 Å². The van der Waals surface area contributed by atoms with Gasteiger partial charge in [-0.25, -0.2) is 4.98 Å². The zero-order valence-corrected chi connectivity index (χ0v) is 19.9. The van der Waals surface area contributed by atoms with E-state index < -0.39 is 0 Å². The minimum atomic E-state index is -0.321. The summed E-state index contributed by atoms with van der Waals surface area (Å²) in [5.74, 6) is 1.56. The molecule has 0 saturated carbocycles. The van der Waals surface area contributed by atoms with Gasteiger partial charge in [0.05, 0.1) is 17.7 Å². The summed E-state index contributed by atoms with van der Waals surface area (Å²) < 4.78 is 5.19. The van der Waals surface area contributed by atoms with E-state index in [4.69, 9.17) is 27.9 Å². The predicted octanol–water partition coefficient (Wildman–Crippen LogP) is 6.84. The van der Waals surface area contributed by atoms with Gasteiger partial charge in [0.1, 0.15) is 11.6 Å². The molecule has 0 atom stereocenters. The third kappa shape index (κ3) is 5.95. The molecule has 0 fully saturated rings. The predicted molar refractivity (Wildman–Crippen MR) is 137 cm³/mol. The maximum absolute atomic E-state index is 12.5. The number of anilines is 5. The molecule has 0 saturated heterocycles. The normalized spacial score (nSPS) is 10.5. The number of benzene rings is 3. The molecule has 0 bridgehead atoms. The SMILES string of the molecule is COc1ccc(Nc2cc(C)nc(Nc3ccc(NC(=O)c4ccc(Cl)cc4Cl)cc3)n2)cc1. The Bertz CT molecular complexity index is 1310. The van der Waals surface area contributed by atoms with Gasteiger partial charge in [-0.2, -0.15) is 4.98 Å². The Morgan fingerprint density at radius 3 is 2.15 bits per heavy atom. The summed E-state index contributed by atoms with van der Waals surface area (Å²) in [6.45, 7) is 1.90. The Morgan fingerprint density at radius 2 is 1.47 bits per heavy atom. The van der Waals surface area contributed by atoms with Gasteiger partial charge in [-0.05, 0) is 73.7 Å². The number of amides is 1. The van der Waals surface area contributed by atoms with Crippen LogP contribution in [0.25, 0.3) is 0 Å². The standard InChI is InChI=1S/C25H21Cl2N5O2/c1-15-13-23(29-17-8-10-20(34-2)11-9-17)32-25(28-15)31-19-6-4-18(5-7-19)30-24(33)21-12-3-16(26)14-22(21)27/h3-14H,1-2H3,(H,30,33)(H2,28,29,31,32). The molecule has 3 aromatic carbocycles. The topological polar surface area (TPSA) is 88.2 Å². The average molecular weight is 494 g/mol. The largest absolute Gasteiger partial charge is 0.497 e. The number of hydrogen-bond acceptors (Lipinski definition) is 6. The fraction of sp³-hybridized carbons (Fsp3) is 0.0800. The molecule has 1 heterocycles. The Morgan fingerprint density at radius 1 is 0.824 bits per heavy atom.